The molecule has 2 aromatic heterocycles. The van der Waals surface area contributed by atoms with E-state index in [4.69, 9.17) is 22.9 Å². The van der Waals surface area contributed by atoms with Crippen LogP contribution in [0, 0.1) is 0 Å². The van der Waals surface area contributed by atoms with Crippen molar-refractivity contribution in [2.45, 2.75) is 62.7 Å². The Hall–Kier alpha value is -5.45. The van der Waals surface area contributed by atoms with E-state index in [0.29, 0.717) is 11.3 Å². The van der Waals surface area contributed by atoms with Crippen molar-refractivity contribution >= 4 is 46.5 Å². The number of nitrogens with one attached hydrogen (secondary N) is 5. The van der Waals surface area contributed by atoms with Gasteiger partial charge < -0.3 is 54.0 Å². The molecule has 0 aliphatic rings. The first kappa shape index (κ1) is 34.0. The molecular weight excluding hydrogens is 586 g/mol. The van der Waals surface area contributed by atoms with Crippen LogP contribution in [0.3, 0.4) is 0 Å². The first-order valence-electron chi connectivity index (χ1n) is 14.2. The quantitative estimate of drug-likeness (QED) is 0.0415. The summed E-state index contributed by atoms with van der Waals surface area (Å²) in [7, 11) is 0. The number of nitrogens with two attached hydrogens (primary N) is 4. The molecule has 3 rings (SSSR count). The van der Waals surface area contributed by atoms with Crippen molar-refractivity contribution in [3.8, 4) is 0 Å². The van der Waals surface area contributed by atoms with Crippen molar-refractivity contribution < 1.29 is 29.1 Å². The lowest BCUT2D eigenvalue weighted by Gasteiger charge is -2.25. The smallest absolute Gasteiger partial charge is 0.326 e. The Morgan fingerprint density at radius 2 is 1.56 bits per heavy atom. The maximum Gasteiger partial charge on any atom is 0.326 e. The van der Waals surface area contributed by atoms with Crippen LogP contribution in [0.25, 0.3) is 10.9 Å². The molecular formula is C28H39N11O6. The maximum absolute atomic E-state index is 13.4. The van der Waals surface area contributed by atoms with E-state index >= 15 is 0 Å². The summed E-state index contributed by atoms with van der Waals surface area (Å²) in [6.07, 6.45) is 4.49. The Labute approximate surface area is 258 Å². The second kappa shape index (κ2) is 16.4. The van der Waals surface area contributed by atoms with Gasteiger partial charge in [0.05, 0.1) is 12.4 Å². The topological polar surface area (TPSA) is 303 Å². The van der Waals surface area contributed by atoms with Gasteiger partial charge in [0.1, 0.15) is 18.1 Å². The van der Waals surface area contributed by atoms with E-state index in [9.17, 15) is 29.1 Å². The summed E-state index contributed by atoms with van der Waals surface area (Å²) in [5.74, 6) is -4.42. The zero-order valence-electron chi connectivity index (χ0n) is 24.5. The number of rotatable bonds is 18. The van der Waals surface area contributed by atoms with Crippen molar-refractivity contribution in [1.82, 2.24) is 30.9 Å². The second-order valence-corrected chi connectivity index (χ2v) is 10.4. The molecule has 17 heteroatoms. The summed E-state index contributed by atoms with van der Waals surface area (Å²) >= 11 is 0. The molecule has 0 saturated heterocycles. The Morgan fingerprint density at radius 3 is 2.20 bits per heavy atom. The minimum absolute atomic E-state index is 0.0175. The number of aliphatic imine (C=N–C) groups is 1. The Morgan fingerprint density at radius 1 is 0.889 bits per heavy atom. The number of hydrogen-bond donors (Lipinski definition) is 10. The largest absolute Gasteiger partial charge is 0.480 e. The number of carbonyl (C=O) groups is 5. The van der Waals surface area contributed by atoms with Gasteiger partial charge in [-0.25, -0.2) is 9.78 Å². The van der Waals surface area contributed by atoms with Crippen LogP contribution in [0.4, 0.5) is 0 Å². The van der Waals surface area contributed by atoms with Crippen molar-refractivity contribution in [2.75, 3.05) is 6.54 Å². The molecule has 0 radical (unpaired) electrons. The van der Waals surface area contributed by atoms with Crippen molar-refractivity contribution in [2.24, 2.45) is 27.9 Å². The molecule has 0 spiro atoms. The molecule has 4 amide bonds. The number of carboxylic acids is 1. The van der Waals surface area contributed by atoms with E-state index in [1.165, 1.54) is 12.5 Å². The minimum Gasteiger partial charge on any atom is -0.480 e. The SMILES string of the molecule is NC(=O)CCC(NC(=O)C(N)Cc1cnc[nH]1)C(=O)NC(CCCN=C(N)N)C(=O)NC(Cc1c[nH]c2ccccc12)C(=O)O. The van der Waals surface area contributed by atoms with Crippen LogP contribution in [0.15, 0.2) is 48.0 Å². The van der Waals surface area contributed by atoms with Gasteiger partial charge in [-0.15, -0.1) is 0 Å². The Bertz CT molecular complexity index is 1500. The lowest BCUT2D eigenvalue weighted by molar-refractivity contribution is -0.142. The predicted molar refractivity (Wildman–Crippen MR) is 164 cm³/mol. The summed E-state index contributed by atoms with van der Waals surface area (Å²) in [4.78, 5) is 77.0. The van der Waals surface area contributed by atoms with E-state index < -0.39 is 53.8 Å². The Balaban J connectivity index is 1.76. The molecule has 0 aliphatic heterocycles. The van der Waals surface area contributed by atoms with Crippen LogP contribution in [0.5, 0.6) is 0 Å². The molecule has 0 aliphatic carbocycles. The molecule has 242 valence electrons. The van der Waals surface area contributed by atoms with Crippen LogP contribution in [0.2, 0.25) is 0 Å². The van der Waals surface area contributed by atoms with E-state index in [0.717, 1.165) is 10.9 Å². The first-order valence-corrected chi connectivity index (χ1v) is 14.2. The van der Waals surface area contributed by atoms with Crippen LogP contribution in [0.1, 0.15) is 36.9 Å². The molecule has 0 fully saturated rings. The zero-order valence-corrected chi connectivity index (χ0v) is 24.5. The highest BCUT2D eigenvalue weighted by Crippen LogP contribution is 2.19. The third-order valence-electron chi connectivity index (χ3n) is 6.94. The number of nitrogens with zero attached hydrogens (tertiary/aromatic N) is 2. The number of amides is 4. The number of primary amides is 1. The molecule has 4 atom stereocenters. The van der Waals surface area contributed by atoms with Crippen LogP contribution < -0.4 is 38.9 Å². The second-order valence-electron chi connectivity index (χ2n) is 10.4. The lowest BCUT2D eigenvalue weighted by atomic mass is 10.0. The first-order chi connectivity index (χ1) is 21.4. The van der Waals surface area contributed by atoms with Gasteiger partial charge in [0, 0.05) is 54.8 Å². The number of hydrogen-bond acceptors (Lipinski definition) is 8. The van der Waals surface area contributed by atoms with Crippen LogP contribution >= 0.6 is 0 Å². The van der Waals surface area contributed by atoms with Gasteiger partial charge in [-0.1, -0.05) is 18.2 Å². The average molecular weight is 626 g/mol. The summed E-state index contributed by atoms with van der Waals surface area (Å²) in [6.45, 7) is 0.129. The molecule has 2 heterocycles. The third-order valence-corrected chi connectivity index (χ3v) is 6.94. The number of para-hydroxylation sites is 1. The molecule has 0 bridgehead atoms. The van der Waals surface area contributed by atoms with Gasteiger partial charge in [-0.3, -0.25) is 24.2 Å². The number of H-pyrrole nitrogens is 2. The van der Waals surface area contributed by atoms with E-state index in [-0.39, 0.29) is 51.0 Å². The number of aromatic amines is 2. The molecule has 1 aromatic carbocycles. The van der Waals surface area contributed by atoms with Gasteiger partial charge in [0.2, 0.25) is 23.6 Å². The number of fused-ring (bicyclic) bond motifs is 1. The van der Waals surface area contributed by atoms with Gasteiger partial charge >= 0.3 is 5.97 Å². The van der Waals surface area contributed by atoms with Gasteiger partial charge in [0.15, 0.2) is 5.96 Å². The average Bonchev–Trinajstić information content (AvgIpc) is 3.65. The monoisotopic (exact) mass is 625 g/mol. The molecule has 17 nitrogen and oxygen atoms in total. The summed E-state index contributed by atoms with van der Waals surface area (Å²) in [6, 6.07) is 2.39. The minimum atomic E-state index is -1.33. The lowest BCUT2D eigenvalue weighted by Crippen LogP contribution is -2.57. The number of imidazole rings is 1. The Kier molecular flexibility index (Phi) is 12.4. The normalized spacial score (nSPS) is 13.6. The number of benzene rings is 1. The number of guanidine groups is 1. The fourth-order valence-corrected chi connectivity index (χ4v) is 4.60. The van der Waals surface area contributed by atoms with E-state index in [1.807, 2.05) is 24.3 Å². The standard InChI is InChI=1S/C28H39N11O6/c29-18(11-16-13-33-14-36-16)24(41)37-21(7-8-23(30)40)26(43)38-20(6-3-9-34-28(31)32)25(42)39-22(27(44)45)10-15-12-35-19-5-2-1-4-17(15)19/h1-2,4-5,12-14,18,20-22,35H,3,6-11,29H2,(H2,30,40)(H,33,36)(H,37,41)(H,38,43)(H,39,42)(H,44,45)(H4,31,32,34). The third kappa shape index (κ3) is 10.6. The highest BCUT2D eigenvalue weighted by molar-refractivity contribution is 5.94. The van der Waals surface area contributed by atoms with Gasteiger partial charge in [0.25, 0.3) is 0 Å². The van der Waals surface area contributed by atoms with Crippen LogP contribution in [-0.4, -0.2) is 86.3 Å². The van der Waals surface area contributed by atoms with Crippen molar-refractivity contribution in [1.29, 1.82) is 0 Å². The number of carbonyl (C=O) groups excluding carboxylic acids is 4. The van der Waals surface area contributed by atoms with E-state index in [1.54, 1.807) is 6.20 Å². The van der Waals surface area contributed by atoms with Crippen LogP contribution in [-0.2, 0) is 36.8 Å². The molecule has 4 unspecified atom stereocenters. The molecule has 3 aromatic rings. The fourth-order valence-electron chi connectivity index (χ4n) is 4.60. The molecule has 45 heavy (non-hydrogen) atoms. The highest BCUT2D eigenvalue weighted by atomic mass is 16.4. The molecule has 0 saturated carbocycles. The zero-order chi connectivity index (χ0) is 32.9. The predicted octanol–water partition coefficient (Wildman–Crippen LogP) is -2.14. The van der Waals surface area contributed by atoms with Crippen molar-refractivity contribution in [3.05, 3.63) is 54.2 Å². The van der Waals surface area contributed by atoms with Gasteiger partial charge in [-0.05, 0) is 30.9 Å². The number of aliphatic carboxylic acids is 1. The van der Waals surface area contributed by atoms with Gasteiger partial charge in [-0.2, -0.15) is 0 Å². The fraction of sp³-hybridized carbons (Fsp3) is 0.393. The van der Waals surface area contributed by atoms with Crippen molar-refractivity contribution in [3.63, 3.8) is 0 Å². The highest BCUT2D eigenvalue weighted by Gasteiger charge is 2.31. The summed E-state index contributed by atoms with van der Waals surface area (Å²) in [5.41, 5.74) is 24.1. The summed E-state index contributed by atoms with van der Waals surface area (Å²) < 4.78 is 0. The van der Waals surface area contributed by atoms with E-state index in [2.05, 4.69) is 35.9 Å². The maximum atomic E-state index is 13.4. The number of carboxylic acid groups (broad SMARTS) is 1. The molecule has 14 N–H and O–H groups in total. The summed E-state index contributed by atoms with van der Waals surface area (Å²) in [5, 5.41) is 18.3. The number of aromatic nitrogens is 3.